The summed E-state index contributed by atoms with van der Waals surface area (Å²) in [7, 11) is 0. The van der Waals surface area contributed by atoms with Gasteiger partial charge >= 0.3 is 53.8 Å². The molecule has 2 aliphatic rings. The summed E-state index contributed by atoms with van der Waals surface area (Å²) in [5, 5.41) is 62.3. The van der Waals surface area contributed by atoms with Crippen molar-refractivity contribution in [1.82, 2.24) is 19.8 Å². The topological polar surface area (TPSA) is 352 Å². The van der Waals surface area contributed by atoms with Gasteiger partial charge in [-0.15, -0.1) is 9.13 Å². The fourth-order valence-electron chi connectivity index (χ4n) is 9.09. The zero-order valence-electron chi connectivity index (χ0n) is 35.8. The molecule has 1 aromatic carbocycles. The van der Waals surface area contributed by atoms with Crippen molar-refractivity contribution in [2.24, 2.45) is 0 Å². The molecule has 3 aromatic rings. The first-order valence-corrected chi connectivity index (χ1v) is 22.1. The minimum Gasteiger partial charge on any atom is -0.755 e. The van der Waals surface area contributed by atoms with Gasteiger partial charge in [-0.1, -0.05) is 12.1 Å². The van der Waals surface area contributed by atoms with Crippen LogP contribution >= 0.6 is 0 Å². The molecule has 2 amide bonds. The summed E-state index contributed by atoms with van der Waals surface area (Å²) < 4.78 is 32.3. The second-order valence-electron chi connectivity index (χ2n) is 16.9. The van der Waals surface area contributed by atoms with Gasteiger partial charge in [-0.25, -0.2) is 13.6 Å². The number of benzene rings is 1. The van der Waals surface area contributed by atoms with Crippen LogP contribution in [0.5, 0.6) is 0 Å². The monoisotopic (exact) mass is 946 g/mol. The van der Waals surface area contributed by atoms with Crippen LogP contribution in [0.3, 0.4) is 0 Å². The molecule has 0 spiro atoms. The Hall–Kier alpha value is -6.73. The zero-order chi connectivity index (χ0) is 48.4. The number of nitrogens with zero attached hydrogens (tertiary/aromatic N) is 5. The van der Waals surface area contributed by atoms with Gasteiger partial charge in [0.15, 0.2) is 26.2 Å². The number of imidazole rings is 2. The molecule has 0 fully saturated rings. The normalized spacial score (nSPS) is 16.7. The van der Waals surface area contributed by atoms with Crippen LogP contribution in [0.15, 0.2) is 49.1 Å². The predicted molar refractivity (Wildman–Crippen MR) is 222 cm³/mol. The molecule has 9 N–H and O–H groups in total. The maximum Gasteiger partial charge on any atom is 0.380 e. The van der Waals surface area contributed by atoms with E-state index in [4.69, 9.17) is 0 Å². The number of hydrogen-bond acceptors (Lipinski definition) is 10. The summed E-state index contributed by atoms with van der Waals surface area (Å²) in [4.78, 5) is 97.2. The van der Waals surface area contributed by atoms with Gasteiger partial charge in [-0.05, 0) is 56.2 Å². The third-order valence-corrected chi connectivity index (χ3v) is 12.7. The highest BCUT2D eigenvalue weighted by molar-refractivity contribution is 7.80. The number of carbonyl (C=O) groups excluding carboxylic acids is 2. The van der Waals surface area contributed by atoms with Gasteiger partial charge in [0.05, 0.1) is 6.54 Å². The van der Waals surface area contributed by atoms with Crippen molar-refractivity contribution in [3.63, 3.8) is 0 Å². The maximum atomic E-state index is 13.9. The van der Waals surface area contributed by atoms with Crippen molar-refractivity contribution in [2.75, 3.05) is 11.3 Å². The van der Waals surface area contributed by atoms with E-state index in [9.17, 15) is 77.8 Å². The first kappa shape index (κ1) is 50.3. The highest BCUT2D eigenvalue weighted by atomic mass is 32.2. The van der Waals surface area contributed by atoms with Gasteiger partial charge in [0, 0.05) is 73.0 Å². The lowest BCUT2D eigenvalue weighted by Crippen LogP contribution is -2.55. The van der Waals surface area contributed by atoms with E-state index in [2.05, 4.69) is 15.4 Å². The van der Waals surface area contributed by atoms with Crippen molar-refractivity contribution in [1.29, 1.82) is 0 Å². The van der Waals surface area contributed by atoms with Gasteiger partial charge in [0.2, 0.25) is 0 Å². The summed E-state index contributed by atoms with van der Waals surface area (Å²) in [5.74, 6) is -7.04. The third kappa shape index (κ3) is 13.2. The SMILES string of the molecule is O=C(O)CCC(CCC(=O)O)(CCC(=O)O)NC(=O)C[n+]1ccn2c1C[N+]1(CCc3ccc(NS(=O)[O-])cc3)Cc3n(cc[n+]3CC(=O)NC(CCC(=O)O)(CCC(=O)O)CCC(=O)O)C21. The van der Waals surface area contributed by atoms with Crippen molar-refractivity contribution in [2.45, 2.75) is 127 Å². The summed E-state index contributed by atoms with van der Waals surface area (Å²) in [5.41, 5.74) is -1.66. The highest BCUT2D eigenvalue weighted by Crippen LogP contribution is 2.42. The average Bonchev–Trinajstić information content (AvgIpc) is 3.96. The number of carbonyl (C=O) groups is 8. The van der Waals surface area contributed by atoms with Gasteiger partial charge in [0.25, 0.3) is 11.8 Å². The van der Waals surface area contributed by atoms with Crippen LogP contribution in [0.1, 0.15) is 101 Å². The first-order valence-electron chi connectivity index (χ1n) is 21.0. The van der Waals surface area contributed by atoms with Gasteiger partial charge < -0.3 is 50.5 Å². The zero-order valence-corrected chi connectivity index (χ0v) is 36.7. The number of nitrogens with one attached hydrogen (secondary N) is 3. The molecule has 0 bridgehead atoms. The second kappa shape index (κ2) is 21.5. The van der Waals surface area contributed by atoms with E-state index in [0.717, 1.165) is 5.56 Å². The van der Waals surface area contributed by atoms with Gasteiger partial charge in [-0.3, -0.25) is 42.6 Å². The molecular formula is C41H54N8O16S+2. The van der Waals surface area contributed by atoms with Crippen molar-refractivity contribution in [3.8, 4) is 0 Å². The van der Waals surface area contributed by atoms with Crippen LogP contribution in [-0.2, 0) is 82.2 Å². The number of aliphatic carboxylic acids is 6. The molecule has 24 nitrogen and oxygen atoms in total. The summed E-state index contributed by atoms with van der Waals surface area (Å²) in [6.07, 6.45) is 3.01. The van der Waals surface area contributed by atoms with Crippen LogP contribution < -0.4 is 24.5 Å². The predicted octanol–water partition coefficient (Wildman–Crippen LogP) is 0.0605. The number of rotatable bonds is 29. The standard InChI is InChI=1S/C41H52N8O16S/c50-29(42-40(12-5-33(52)53,13-6-34(54)55)14-7-35(56)57)23-45-18-20-47-31(45)25-49(22-11-27-1-3-28(4-2-27)44-66(64)65)26-32-46(19-21-48(32)39(47)49)24-30(51)43-41(15-8-36(58)59,16-9-37(60)61)17-10-38(62)63/h1-4,18-21,39,44H,5-17,22-26H2,(H6-3,42,43,50,51,52,53,54,55,56,57,58,59,60,61,62,63,64,65)/p+2. The number of amides is 2. The number of quaternary nitrogens is 1. The average molecular weight is 947 g/mol. The lowest BCUT2D eigenvalue weighted by molar-refractivity contribution is -0.981. The number of carboxylic acids is 6. The Bertz CT molecular complexity index is 2150. The Kier molecular flexibility index (Phi) is 16.4. The van der Waals surface area contributed by atoms with E-state index >= 15 is 0 Å². The molecule has 1 unspecified atom stereocenters. The molecule has 2 aromatic heterocycles. The summed E-state index contributed by atoms with van der Waals surface area (Å²) in [6, 6.07) is 6.80. The smallest absolute Gasteiger partial charge is 0.380 e. The van der Waals surface area contributed by atoms with Crippen molar-refractivity contribution >= 4 is 64.6 Å². The van der Waals surface area contributed by atoms with E-state index in [-0.39, 0.29) is 51.6 Å². The lowest BCUT2D eigenvalue weighted by Gasteiger charge is -2.34. The molecule has 4 heterocycles. The first-order chi connectivity index (χ1) is 31.1. The molecule has 0 aliphatic carbocycles. The Morgan fingerprint density at radius 2 is 0.970 bits per heavy atom. The molecule has 0 saturated carbocycles. The quantitative estimate of drug-likeness (QED) is 0.0252. The molecule has 0 saturated heterocycles. The van der Waals surface area contributed by atoms with Crippen LogP contribution in [0.25, 0.3) is 0 Å². The summed E-state index contributed by atoms with van der Waals surface area (Å²) in [6.45, 7) is 0.576. The van der Waals surface area contributed by atoms with E-state index < -0.39 is 115 Å². The van der Waals surface area contributed by atoms with Crippen LogP contribution in [0, 0.1) is 0 Å². The van der Waals surface area contributed by atoms with E-state index in [1.807, 2.05) is 9.13 Å². The minimum absolute atomic E-state index is 0.205. The number of carboxylic acid groups (broad SMARTS) is 6. The molecule has 358 valence electrons. The van der Waals surface area contributed by atoms with Gasteiger partial charge in [0.1, 0.15) is 24.8 Å². The van der Waals surface area contributed by atoms with Crippen LogP contribution in [0.2, 0.25) is 0 Å². The second-order valence-corrected chi connectivity index (χ2v) is 17.6. The van der Waals surface area contributed by atoms with Crippen LogP contribution in [0.4, 0.5) is 5.69 Å². The maximum absolute atomic E-state index is 13.9. The molecule has 25 heteroatoms. The number of anilines is 1. The number of fused-ring (bicyclic) bond motifs is 5. The fourth-order valence-corrected chi connectivity index (χ4v) is 9.41. The molecular weight excluding hydrogens is 893 g/mol. The van der Waals surface area contributed by atoms with Crippen molar-refractivity contribution in [3.05, 3.63) is 66.3 Å². The molecule has 5 rings (SSSR count). The Morgan fingerprint density at radius 3 is 1.29 bits per heavy atom. The summed E-state index contributed by atoms with van der Waals surface area (Å²) >= 11 is -2.53. The Morgan fingerprint density at radius 1 is 0.621 bits per heavy atom. The minimum atomic E-state index is -2.53. The van der Waals surface area contributed by atoms with E-state index in [1.54, 1.807) is 58.2 Å². The Balaban J connectivity index is 1.45. The van der Waals surface area contributed by atoms with Gasteiger partial charge in [-0.2, -0.15) is 0 Å². The Labute approximate surface area is 379 Å². The molecule has 0 radical (unpaired) electrons. The highest BCUT2D eigenvalue weighted by Gasteiger charge is 2.63. The lowest BCUT2D eigenvalue weighted by atomic mass is 9.83. The molecule has 66 heavy (non-hydrogen) atoms. The van der Waals surface area contributed by atoms with E-state index in [1.165, 1.54) is 0 Å². The number of hydrogen-bond donors (Lipinski definition) is 9. The van der Waals surface area contributed by atoms with E-state index in [0.29, 0.717) is 47.9 Å². The molecule has 1 atom stereocenters. The van der Waals surface area contributed by atoms with Crippen molar-refractivity contribution < 1.29 is 91.4 Å². The number of aromatic nitrogens is 4. The third-order valence-electron chi connectivity index (χ3n) is 12.3. The van der Waals surface area contributed by atoms with Crippen LogP contribution in [-0.4, -0.2) is 118 Å². The molecule has 2 aliphatic heterocycles. The fraction of sp³-hybridized carbons (Fsp3) is 0.512. The largest absolute Gasteiger partial charge is 0.755 e.